The molecule has 0 bridgehead atoms. The summed E-state index contributed by atoms with van der Waals surface area (Å²) in [6.45, 7) is 0.944. The second-order valence-electron chi connectivity index (χ2n) is 6.76. The first kappa shape index (κ1) is 18.8. The molecule has 27 heavy (non-hydrogen) atoms. The topological polar surface area (TPSA) is 152 Å². The van der Waals surface area contributed by atoms with Gasteiger partial charge in [0.15, 0.2) is 0 Å². The van der Waals surface area contributed by atoms with Gasteiger partial charge in [-0.1, -0.05) is 0 Å². The first-order valence-corrected chi connectivity index (χ1v) is 8.93. The minimum atomic E-state index is -0.500. The molecule has 1 fully saturated rings. The molecule has 3 rings (SSSR count). The Labute approximate surface area is 155 Å². The van der Waals surface area contributed by atoms with Crippen LogP contribution >= 0.6 is 0 Å². The normalized spacial score (nSPS) is 19.4. The lowest BCUT2D eigenvalue weighted by Gasteiger charge is -2.26. The first-order valence-electron chi connectivity index (χ1n) is 8.93. The number of H-pyrrole nitrogens is 1. The first-order chi connectivity index (χ1) is 13.0. The summed E-state index contributed by atoms with van der Waals surface area (Å²) in [6.07, 6.45) is 6.69. The quantitative estimate of drug-likeness (QED) is 0.422. The zero-order valence-electron chi connectivity index (χ0n) is 14.9. The molecule has 1 aliphatic carbocycles. The highest BCUT2D eigenvalue weighted by atomic mass is 16.6. The molecule has 5 N–H and O–H groups in total. The lowest BCUT2D eigenvalue weighted by Crippen LogP contribution is -2.29. The van der Waals surface area contributed by atoms with Crippen molar-refractivity contribution in [2.75, 3.05) is 17.2 Å². The van der Waals surface area contributed by atoms with E-state index < -0.39 is 4.92 Å². The van der Waals surface area contributed by atoms with Gasteiger partial charge in [-0.2, -0.15) is 4.98 Å². The molecule has 0 aliphatic heterocycles. The molecule has 2 aromatic heterocycles. The number of nitrogens with zero attached hydrogens (tertiary/aromatic N) is 3. The SMILES string of the molecule is NC1CCC(CNc2nc(NCc3cc[nH]c(=O)c3)ncc2[N+](=O)[O-])CC1. The van der Waals surface area contributed by atoms with Crippen LogP contribution in [0.4, 0.5) is 17.5 Å². The number of nitrogens with one attached hydrogen (secondary N) is 3. The van der Waals surface area contributed by atoms with E-state index in [-0.39, 0.29) is 29.1 Å². The molecule has 0 radical (unpaired) electrons. The molecule has 10 heteroatoms. The molecule has 0 amide bonds. The van der Waals surface area contributed by atoms with Crippen LogP contribution in [-0.2, 0) is 6.54 Å². The highest BCUT2D eigenvalue weighted by Gasteiger charge is 2.21. The van der Waals surface area contributed by atoms with E-state index in [1.165, 1.54) is 12.3 Å². The predicted molar refractivity (Wildman–Crippen MR) is 101 cm³/mol. The molecule has 10 nitrogen and oxygen atoms in total. The predicted octanol–water partition coefficient (Wildman–Crippen LogP) is 1.61. The molecular formula is C17H23N7O3. The molecule has 0 saturated heterocycles. The van der Waals surface area contributed by atoms with Gasteiger partial charge >= 0.3 is 5.69 Å². The van der Waals surface area contributed by atoms with Crippen molar-refractivity contribution in [2.24, 2.45) is 11.7 Å². The summed E-state index contributed by atoms with van der Waals surface area (Å²) in [4.78, 5) is 32.9. The summed E-state index contributed by atoms with van der Waals surface area (Å²) in [5, 5.41) is 17.3. The number of anilines is 2. The van der Waals surface area contributed by atoms with Gasteiger partial charge in [-0.25, -0.2) is 4.98 Å². The van der Waals surface area contributed by atoms with Crippen LogP contribution in [0.5, 0.6) is 0 Å². The third-order valence-corrected chi connectivity index (χ3v) is 4.71. The van der Waals surface area contributed by atoms with E-state index in [0.29, 0.717) is 19.0 Å². The molecule has 0 aromatic carbocycles. The number of hydrogen-bond donors (Lipinski definition) is 4. The van der Waals surface area contributed by atoms with Crippen molar-refractivity contribution >= 4 is 17.5 Å². The molecule has 1 saturated carbocycles. The van der Waals surface area contributed by atoms with Crippen molar-refractivity contribution in [3.8, 4) is 0 Å². The van der Waals surface area contributed by atoms with Gasteiger partial charge < -0.3 is 21.4 Å². The van der Waals surface area contributed by atoms with E-state index >= 15 is 0 Å². The Morgan fingerprint density at radius 3 is 2.78 bits per heavy atom. The van der Waals surface area contributed by atoms with Crippen LogP contribution in [-0.4, -0.2) is 32.5 Å². The second-order valence-corrected chi connectivity index (χ2v) is 6.76. The average Bonchev–Trinajstić information content (AvgIpc) is 2.66. The Balaban J connectivity index is 1.66. The van der Waals surface area contributed by atoms with Crippen molar-refractivity contribution in [3.63, 3.8) is 0 Å². The van der Waals surface area contributed by atoms with Gasteiger partial charge in [0, 0.05) is 31.4 Å². The van der Waals surface area contributed by atoms with Gasteiger partial charge in [0.25, 0.3) is 0 Å². The fourth-order valence-electron chi connectivity index (χ4n) is 3.14. The van der Waals surface area contributed by atoms with Gasteiger partial charge in [-0.05, 0) is 43.2 Å². The molecule has 0 unspecified atom stereocenters. The molecule has 2 aromatic rings. The van der Waals surface area contributed by atoms with Crippen LogP contribution in [0.25, 0.3) is 0 Å². The fourth-order valence-corrected chi connectivity index (χ4v) is 3.14. The average molecular weight is 373 g/mol. The molecule has 2 heterocycles. The second kappa shape index (κ2) is 8.58. The van der Waals surface area contributed by atoms with E-state index in [9.17, 15) is 14.9 Å². The van der Waals surface area contributed by atoms with Crippen molar-refractivity contribution in [1.82, 2.24) is 15.0 Å². The monoisotopic (exact) mass is 373 g/mol. The fraction of sp³-hybridized carbons (Fsp3) is 0.471. The van der Waals surface area contributed by atoms with Crippen molar-refractivity contribution in [3.05, 3.63) is 50.6 Å². The van der Waals surface area contributed by atoms with Gasteiger partial charge in [-0.3, -0.25) is 14.9 Å². The van der Waals surface area contributed by atoms with Crippen LogP contribution < -0.4 is 21.9 Å². The highest BCUT2D eigenvalue weighted by Crippen LogP contribution is 2.26. The number of hydrogen-bond acceptors (Lipinski definition) is 8. The molecule has 1 aliphatic rings. The van der Waals surface area contributed by atoms with Gasteiger partial charge in [0.05, 0.1) is 4.92 Å². The Bertz CT molecular complexity index is 846. The Morgan fingerprint density at radius 2 is 2.07 bits per heavy atom. The lowest BCUT2D eigenvalue weighted by molar-refractivity contribution is -0.384. The molecule has 144 valence electrons. The van der Waals surface area contributed by atoms with E-state index in [0.717, 1.165) is 31.2 Å². The number of nitrogens with two attached hydrogens (primary N) is 1. The minimum Gasteiger partial charge on any atom is -0.364 e. The number of aromatic amines is 1. The Morgan fingerprint density at radius 1 is 1.30 bits per heavy atom. The summed E-state index contributed by atoms with van der Waals surface area (Å²) in [7, 11) is 0. The summed E-state index contributed by atoms with van der Waals surface area (Å²) >= 11 is 0. The number of aromatic nitrogens is 3. The zero-order valence-corrected chi connectivity index (χ0v) is 14.9. The van der Waals surface area contributed by atoms with Crippen molar-refractivity contribution in [2.45, 2.75) is 38.3 Å². The zero-order chi connectivity index (χ0) is 19.2. The maximum Gasteiger partial charge on any atom is 0.329 e. The third kappa shape index (κ3) is 5.23. The van der Waals surface area contributed by atoms with Crippen molar-refractivity contribution < 1.29 is 4.92 Å². The summed E-state index contributed by atoms with van der Waals surface area (Å²) in [6, 6.07) is 3.48. The minimum absolute atomic E-state index is 0.163. The van der Waals surface area contributed by atoms with Crippen LogP contribution in [0, 0.1) is 16.0 Å². The molecular weight excluding hydrogens is 350 g/mol. The van der Waals surface area contributed by atoms with Gasteiger partial charge in [0.2, 0.25) is 17.3 Å². The van der Waals surface area contributed by atoms with E-state index in [1.807, 2.05) is 0 Å². The number of rotatable bonds is 7. The molecule has 0 spiro atoms. The summed E-state index contributed by atoms with van der Waals surface area (Å²) in [5.74, 6) is 0.874. The maximum absolute atomic E-state index is 11.3. The standard InChI is InChI=1S/C17H23N7O3/c18-13-3-1-11(2-4-13)8-20-16-14(24(26)27)10-22-17(23-16)21-9-12-5-6-19-15(25)7-12/h5-7,10-11,13H,1-4,8-9,18H2,(H,19,25)(H2,20,21,22,23). The largest absolute Gasteiger partial charge is 0.364 e. The van der Waals surface area contributed by atoms with E-state index in [4.69, 9.17) is 5.73 Å². The summed E-state index contributed by atoms with van der Waals surface area (Å²) < 4.78 is 0. The van der Waals surface area contributed by atoms with Gasteiger partial charge in [-0.15, -0.1) is 0 Å². The Hall–Kier alpha value is -3.01. The van der Waals surface area contributed by atoms with E-state index in [2.05, 4.69) is 25.6 Å². The van der Waals surface area contributed by atoms with Crippen LogP contribution in [0.15, 0.2) is 29.3 Å². The van der Waals surface area contributed by atoms with Crippen LogP contribution in [0.2, 0.25) is 0 Å². The number of pyridine rings is 1. The van der Waals surface area contributed by atoms with Gasteiger partial charge in [0.1, 0.15) is 6.20 Å². The number of nitro groups is 1. The van der Waals surface area contributed by atoms with Crippen LogP contribution in [0.1, 0.15) is 31.2 Å². The van der Waals surface area contributed by atoms with Crippen molar-refractivity contribution in [1.29, 1.82) is 0 Å². The van der Waals surface area contributed by atoms with Crippen LogP contribution in [0.3, 0.4) is 0 Å². The molecule has 0 atom stereocenters. The highest BCUT2D eigenvalue weighted by molar-refractivity contribution is 5.57. The maximum atomic E-state index is 11.3. The van der Waals surface area contributed by atoms with E-state index in [1.54, 1.807) is 12.3 Å². The Kier molecular flexibility index (Phi) is 5.97. The smallest absolute Gasteiger partial charge is 0.329 e. The lowest BCUT2D eigenvalue weighted by atomic mass is 9.86. The third-order valence-electron chi connectivity index (χ3n) is 4.71. The summed E-state index contributed by atoms with van der Waals surface area (Å²) in [5.41, 5.74) is 6.31.